The highest BCUT2D eigenvalue weighted by Gasteiger charge is 2.43. The van der Waals surface area contributed by atoms with Crippen LogP contribution >= 0.6 is 11.6 Å². The van der Waals surface area contributed by atoms with E-state index in [1.165, 1.54) is 12.1 Å². The first-order valence-corrected chi connectivity index (χ1v) is 11.3. The van der Waals surface area contributed by atoms with Crippen LogP contribution < -0.4 is 20.7 Å². The van der Waals surface area contributed by atoms with Crippen molar-refractivity contribution in [1.29, 1.82) is 0 Å². The van der Waals surface area contributed by atoms with Crippen LogP contribution in [0.2, 0.25) is 5.02 Å². The Morgan fingerprint density at radius 3 is 2.76 bits per heavy atom. The SMILES string of the molecule is O=C1Nc2c(Cl)cc3cc(C(=O)NCc4ccc(OC(F)F)cn4)oc3c2C2(CCCCC2)N1. The maximum absolute atomic E-state index is 12.8. The lowest BCUT2D eigenvalue weighted by molar-refractivity contribution is -0.0501. The molecule has 2 aliphatic rings. The van der Waals surface area contributed by atoms with Crippen LogP contribution in [-0.2, 0) is 12.1 Å². The smallest absolute Gasteiger partial charge is 0.387 e. The van der Waals surface area contributed by atoms with Gasteiger partial charge in [0.15, 0.2) is 5.76 Å². The molecule has 0 bridgehead atoms. The number of furan rings is 1. The summed E-state index contributed by atoms with van der Waals surface area (Å²) in [6.45, 7) is -2.87. The molecule has 0 unspecified atom stereocenters. The molecule has 1 saturated carbocycles. The number of hydrogen-bond donors (Lipinski definition) is 3. The van der Waals surface area contributed by atoms with E-state index in [4.69, 9.17) is 16.0 Å². The zero-order valence-electron chi connectivity index (χ0n) is 17.9. The molecule has 3 amide bonds. The number of ether oxygens (including phenoxy) is 1. The van der Waals surface area contributed by atoms with E-state index in [2.05, 4.69) is 25.7 Å². The summed E-state index contributed by atoms with van der Waals surface area (Å²) in [6, 6.07) is 5.80. The molecule has 34 heavy (non-hydrogen) atoms. The van der Waals surface area contributed by atoms with Crippen LogP contribution in [0.15, 0.2) is 34.9 Å². The number of benzene rings is 1. The first-order chi connectivity index (χ1) is 16.3. The molecule has 1 spiro atoms. The van der Waals surface area contributed by atoms with Gasteiger partial charge in [-0.25, -0.2) is 4.79 Å². The summed E-state index contributed by atoms with van der Waals surface area (Å²) in [7, 11) is 0. The molecule has 178 valence electrons. The van der Waals surface area contributed by atoms with Gasteiger partial charge in [0, 0.05) is 10.9 Å². The highest BCUT2D eigenvalue weighted by molar-refractivity contribution is 6.35. The summed E-state index contributed by atoms with van der Waals surface area (Å²) in [5.41, 5.74) is 1.64. The Morgan fingerprint density at radius 1 is 1.26 bits per heavy atom. The minimum Gasteiger partial charge on any atom is -0.450 e. The van der Waals surface area contributed by atoms with E-state index in [0.717, 1.165) is 43.9 Å². The highest BCUT2D eigenvalue weighted by atomic mass is 35.5. The fraction of sp³-hybridized carbons (Fsp3) is 0.348. The Bertz CT molecular complexity index is 1260. The summed E-state index contributed by atoms with van der Waals surface area (Å²) in [4.78, 5) is 29.2. The highest BCUT2D eigenvalue weighted by Crippen LogP contribution is 2.48. The van der Waals surface area contributed by atoms with Gasteiger partial charge < -0.3 is 25.1 Å². The predicted octanol–water partition coefficient (Wildman–Crippen LogP) is 5.31. The number of carbonyl (C=O) groups excluding carboxylic acids is 2. The fourth-order valence-electron chi connectivity index (χ4n) is 4.74. The van der Waals surface area contributed by atoms with Crippen molar-refractivity contribution >= 4 is 40.2 Å². The quantitative estimate of drug-likeness (QED) is 0.449. The summed E-state index contributed by atoms with van der Waals surface area (Å²) >= 11 is 6.51. The molecule has 0 saturated heterocycles. The third-order valence-electron chi connectivity index (χ3n) is 6.21. The van der Waals surface area contributed by atoms with Gasteiger partial charge in [-0.1, -0.05) is 30.9 Å². The molecule has 8 nitrogen and oxygen atoms in total. The third kappa shape index (κ3) is 4.13. The van der Waals surface area contributed by atoms with Crippen LogP contribution in [0.4, 0.5) is 19.3 Å². The molecule has 3 aromatic rings. The first kappa shape index (κ1) is 22.4. The van der Waals surface area contributed by atoms with Gasteiger partial charge in [0.2, 0.25) is 0 Å². The fourth-order valence-corrected chi connectivity index (χ4v) is 5.00. The van der Waals surface area contributed by atoms with Crippen LogP contribution in [0.1, 0.15) is 53.9 Å². The Hall–Kier alpha value is -3.40. The summed E-state index contributed by atoms with van der Waals surface area (Å²) in [5.74, 6) is -0.456. The monoisotopic (exact) mass is 490 g/mol. The maximum Gasteiger partial charge on any atom is 0.387 e. The Balaban J connectivity index is 1.41. The number of alkyl halides is 2. The second-order valence-electron chi connectivity index (χ2n) is 8.41. The van der Waals surface area contributed by atoms with Gasteiger partial charge in [-0.2, -0.15) is 8.78 Å². The Labute approximate surface area is 198 Å². The molecule has 0 atom stereocenters. The molecule has 0 radical (unpaired) electrons. The van der Waals surface area contributed by atoms with Crippen LogP contribution in [0.3, 0.4) is 0 Å². The van der Waals surface area contributed by atoms with Gasteiger partial charge >= 0.3 is 12.6 Å². The van der Waals surface area contributed by atoms with Gasteiger partial charge in [0.1, 0.15) is 11.3 Å². The number of nitrogens with one attached hydrogen (secondary N) is 3. The minimum atomic E-state index is -2.93. The van der Waals surface area contributed by atoms with E-state index < -0.39 is 18.1 Å². The van der Waals surface area contributed by atoms with Crippen molar-refractivity contribution in [2.24, 2.45) is 0 Å². The minimum absolute atomic E-state index is 0.0608. The van der Waals surface area contributed by atoms with Crippen molar-refractivity contribution in [3.63, 3.8) is 0 Å². The average molecular weight is 491 g/mol. The van der Waals surface area contributed by atoms with Crippen molar-refractivity contribution in [3.05, 3.63) is 52.5 Å². The lowest BCUT2D eigenvalue weighted by atomic mass is 9.74. The number of halogens is 3. The van der Waals surface area contributed by atoms with Crippen LogP contribution in [0, 0.1) is 0 Å². The van der Waals surface area contributed by atoms with Crippen molar-refractivity contribution in [1.82, 2.24) is 15.6 Å². The van der Waals surface area contributed by atoms with Gasteiger partial charge in [0.05, 0.1) is 34.7 Å². The van der Waals surface area contributed by atoms with E-state index in [9.17, 15) is 18.4 Å². The maximum atomic E-state index is 12.8. The van der Waals surface area contributed by atoms with E-state index in [1.807, 2.05) is 0 Å². The van der Waals surface area contributed by atoms with Crippen LogP contribution in [-0.4, -0.2) is 23.5 Å². The van der Waals surface area contributed by atoms with Gasteiger partial charge in [-0.15, -0.1) is 0 Å². The molecule has 3 N–H and O–H groups in total. The number of aromatic nitrogens is 1. The normalized spacial score (nSPS) is 16.8. The van der Waals surface area contributed by atoms with E-state index in [-0.39, 0.29) is 24.1 Å². The summed E-state index contributed by atoms with van der Waals surface area (Å²) in [6.07, 6.45) is 5.66. The second-order valence-corrected chi connectivity index (χ2v) is 8.81. The standard InChI is InChI=1S/C23H21ClF2N4O4/c24-15-8-12-9-16(20(31)28-10-13-4-5-14(11-27-13)33-21(25)26)34-19(12)17-18(15)29-22(32)30-23(17)6-2-1-3-7-23/h4-5,8-9,11,21H,1-3,6-7,10H2,(H,28,31)(H2,29,30,32). The number of urea groups is 1. The second kappa shape index (κ2) is 8.75. The van der Waals surface area contributed by atoms with Gasteiger partial charge in [0.25, 0.3) is 5.91 Å². The zero-order chi connectivity index (χ0) is 23.9. The predicted molar refractivity (Wildman–Crippen MR) is 120 cm³/mol. The number of amides is 3. The van der Waals surface area contributed by atoms with Crippen molar-refractivity contribution < 1.29 is 27.5 Å². The number of anilines is 1. The van der Waals surface area contributed by atoms with Gasteiger partial charge in [-0.3, -0.25) is 9.78 Å². The number of rotatable bonds is 5. The number of nitrogens with zero attached hydrogens (tertiary/aromatic N) is 1. The zero-order valence-corrected chi connectivity index (χ0v) is 18.7. The summed E-state index contributed by atoms with van der Waals surface area (Å²) < 4.78 is 34.8. The molecule has 1 fully saturated rings. The molecular weight excluding hydrogens is 470 g/mol. The molecule has 1 aromatic carbocycles. The summed E-state index contributed by atoms with van der Waals surface area (Å²) in [5, 5.41) is 9.60. The third-order valence-corrected chi connectivity index (χ3v) is 6.51. The van der Waals surface area contributed by atoms with Crippen molar-refractivity contribution in [2.45, 2.75) is 50.8 Å². The van der Waals surface area contributed by atoms with Crippen molar-refractivity contribution in [2.75, 3.05) is 5.32 Å². The largest absolute Gasteiger partial charge is 0.450 e. The first-order valence-electron chi connectivity index (χ1n) is 10.9. The van der Waals surface area contributed by atoms with Gasteiger partial charge in [-0.05, 0) is 37.1 Å². The van der Waals surface area contributed by atoms with E-state index >= 15 is 0 Å². The molecule has 1 aliphatic carbocycles. The van der Waals surface area contributed by atoms with E-state index in [0.29, 0.717) is 27.4 Å². The Kier molecular flexibility index (Phi) is 5.76. The molecule has 11 heteroatoms. The van der Waals surface area contributed by atoms with Crippen LogP contribution in [0.25, 0.3) is 11.0 Å². The molecule has 5 rings (SSSR count). The lowest BCUT2D eigenvalue weighted by Crippen LogP contribution is -2.52. The molecule has 1 aliphatic heterocycles. The topological polar surface area (TPSA) is 105 Å². The number of fused-ring (bicyclic) bond motifs is 4. The molecule has 2 aromatic heterocycles. The number of hydrogen-bond acceptors (Lipinski definition) is 5. The van der Waals surface area contributed by atoms with E-state index in [1.54, 1.807) is 12.1 Å². The average Bonchev–Trinajstić information content (AvgIpc) is 3.22. The number of pyridine rings is 1. The van der Waals surface area contributed by atoms with Crippen molar-refractivity contribution in [3.8, 4) is 5.75 Å². The van der Waals surface area contributed by atoms with Crippen LogP contribution in [0.5, 0.6) is 5.75 Å². The number of carbonyl (C=O) groups is 2. The molecular formula is C23H21ClF2N4O4. The lowest BCUT2D eigenvalue weighted by Gasteiger charge is -2.42. The molecule has 3 heterocycles. The Morgan fingerprint density at radius 2 is 2.06 bits per heavy atom.